The SMILES string of the molecule is CSc1ccc([C@@H]2CN3CCC[C@H]3c3cc(CCN4CCCCC4)ccc32)cc1. The molecule has 0 amide bonds. The molecule has 3 heteroatoms. The maximum absolute atomic E-state index is 2.75. The first kappa shape index (κ1) is 19.7. The van der Waals surface area contributed by atoms with Crippen LogP contribution in [0.15, 0.2) is 47.4 Å². The fourth-order valence-electron chi connectivity index (χ4n) is 5.71. The molecule has 3 aliphatic heterocycles. The Hall–Kier alpha value is -1.29. The molecule has 0 unspecified atom stereocenters. The average Bonchev–Trinajstić information content (AvgIpc) is 3.27. The summed E-state index contributed by atoms with van der Waals surface area (Å²) >= 11 is 1.83. The van der Waals surface area contributed by atoms with Gasteiger partial charge in [0.25, 0.3) is 0 Å². The van der Waals surface area contributed by atoms with Crippen molar-refractivity contribution in [2.75, 3.05) is 39.0 Å². The molecule has 2 aromatic rings. The second kappa shape index (κ2) is 8.83. The third-order valence-electron chi connectivity index (χ3n) is 7.35. The third kappa shape index (κ3) is 4.15. The van der Waals surface area contributed by atoms with Crippen molar-refractivity contribution < 1.29 is 0 Å². The Labute approximate surface area is 180 Å². The van der Waals surface area contributed by atoms with Crippen LogP contribution in [0.25, 0.3) is 0 Å². The summed E-state index contributed by atoms with van der Waals surface area (Å²) in [6.45, 7) is 6.28. The predicted molar refractivity (Wildman–Crippen MR) is 124 cm³/mol. The lowest BCUT2D eigenvalue weighted by Gasteiger charge is -2.38. The van der Waals surface area contributed by atoms with Gasteiger partial charge in [-0.2, -0.15) is 0 Å². The van der Waals surface area contributed by atoms with Crippen LogP contribution in [-0.4, -0.2) is 48.8 Å². The molecule has 0 bridgehead atoms. The third-order valence-corrected chi connectivity index (χ3v) is 8.09. The van der Waals surface area contributed by atoms with Gasteiger partial charge in [0.05, 0.1) is 0 Å². The normalized spacial score (nSPS) is 25.0. The number of hydrogen-bond acceptors (Lipinski definition) is 3. The van der Waals surface area contributed by atoms with E-state index in [0.717, 1.165) is 0 Å². The number of rotatable bonds is 5. The van der Waals surface area contributed by atoms with E-state index in [4.69, 9.17) is 0 Å². The minimum absolute atomic E-state index is 0.520. The number of nitrogens with zero attached hydrogens (tertiary/aromatic N) is 2. The quantitative estimate of drug-likeness (QED) is 0.586. The van der Waals surface area contributed by atoms with Gasteiger partial charge in [0, 0.05) is 29.9 Å². The summed E-state index contributed by atoms with van der Waals surface area (Å²) in [6, 6.07) is 17.4. The van der Waals surface area contributed by atoms with Crippen LogP contribution in [-0.2, 0) is 6.42 Å². The van der Waals surface area contributed by atoms with E-state index in [0.29, 0.717) is 12.0 Å². The topological polar surface area (TPSA) is 6.48 Å². The van der Waals surface area contributed by atoms with Gasteiger partial charge in [-0.15, -0.1) is 11.8 Å². The minimum Gasteiger partial charge on any atom is -0.303 e. The highest BCUT2D eigenvalue weighted by molar-refractivity contribution is 7.98. The van der Waals surface area contributed by atoms with E-state index in [2.05, 4.69) is 58.5 Å². The zero-order valence-electron chi connectivity index (χ0n) is 17.8. The van der Waals surface area contributed by atoms with E-state index in [-0.39, 0.29) is 0 Å². The lowest BCUT2D eigenvalue weighted by Crippen LogP contribution is -2.35. The number of piperidine rings is 1. The molecule has 0 saturated carbocycles. The predicted octanol–water partition coefficient (Wildman–Crippen LogP) is 5.72. The Morgan fingerprint density at radius 2 is 1.72 bits per heavy atom. The van der Waals surface area contributed by atoms with E-state index >= 15 is 0 Å². The molecule has 3 heterocycles. The van der Waals surface area contributed by atoms with Crippen molar-refractivity contribution in [3.63, 3.8) is 0 Å². The van der Waals surface area contributed by atoms with Gasteiger partial charge < -0.3 is 4.90 Å². The number of thioether (sulfide) groups is 1. The second-order valence-electron chi connectivity index (χ2n) is 9.09. The van der Waals surface area contributed by atoms with Gasteiger partial charge >= 0.3 is 0 Å². The summed E-state index contributed by atoms with van der Waals surface area (Å²) in [5.74, 6) is 0.520. The van der Waals surface area contributed by atoms with Gasteiger partial charge in [-0.25, -0.2) is 0 Å². The van der Waals surface area contributed by atoms with Crippen LogP contribution in [0.1, 0.15) is 66.3 Å². The highest BCUT2D eigenvalue weighted by atomic mass is 32.2. The highest BCUT2D eigenvalue weighted by Crippen LogP contribution is 2.44. The molecule has 2 nitrogen and oxygen atoms in total. The first-order valence-corrected chi connectivity index (χ1v) is 12.8. The molecule has 2 saturated heterocycles. The Bertz CT molecular complexity index is 825. The Kier molecular flexibility index (Phi) is 5.99. The maximum Gasteiger partial charge on any atom is 0.0352 e. The molecule has 3 aliphatic rings. The highest BCUT2D eigenvalue weighted by Gasteiger charge is 2.36. The van der Waals surface area contributed by atoms with Crippen molar-refractivity contribution in [2.45, 2.75) is 55.4 Å². The van der Waals surface area contributed by atoms with Gasteiger partial charge in [-0.05, 0) is 92.4 Å². The van der Waals surface area contributed by atoms with Crippen molar-refractivity contribution in [1.82, 2.24) is 9.80 Å². The molecule has 2 atom stereocenters. The fraction of sp³-hybridized carbons (Fsp3) is 0.538. The summed E-state index contributed by atoms with van der Waals surface area (Å²) in [6.07, 6.45) is 10.2. The van der Waals surface area contributed by atoms with E-state index in [1.807, 2.05) is 11.8 Å². The largest absolute Gasteiger partial charge is 0.303 e. The van der Waals surface area contributed by atoms with Crippen LogP contribution in [0.4, 0.5) is 0 Å². The molecule has 29 heavy (non-hydrogen) atoms. The van der Waals surface area contributed by atoms with Crippen LogP contribution in [0.3, 0.4) is 0 Å². The van der Waals surface area contributed by atoms with Crippen LogP contribution in [0.2, 0.25) is 0 Å². The molecule has 0 radical (unpaired) electrons. The van der Waals surface area contributed by atoms with Gasteiger partial charge in [0.2, 0.25) is 0 Å². The van der Waals surface area contributed by atoms with Gasteiger partial charge in [-0.1, -0.05) is 36.8 Å². The monoisotopic (exact) mass is 406 g/mol. The maximum atomic E-state index is 2.75. The van der Waals surface area contributed by atoms with Crippen molar-refractivity contribution in [2.24, 2.45) is 0 Å². The van der Waals surface area contributed by atoms with Gasteiger partial charge in [0.15, 0.2) is 0 Å². The molecule has 0 aromatic heterocycles. The smallest absolute Gasteiger partial charge is 0.0352 e. The summed E-state index contributed by atoms with van der Waals surface area (Å²) in [7, 11) is 0. The van der Waals surface area contributed by atoms with Crippen molar-refractivity contribution in [3.05, 3.63) is 64.7 Å². The van der Waals surface area contributed by atoms with Crippen LogP contribution in [0.5, 0.6) is 0 Å². The summed E-state index contributed by atoms with van der Waals surface area (Å²) in [5.41, 5.74) is 6.24. The van der Waals surface area contributed by atoms with E-state index in [1.165, 1.54) is 81.7 Å². The molecule has 0 aliphatic carbocycles. The molecular weight excluding hydrogens is 372 g/mol. The fourth-order valence-corrected chi connectivity index (χ4v) is 6.12. The Morgan fingerprint density at radius 1 is 0.897 bits per heavy atom. The molecule has 154 valence electrons. The van der Waals surface area contributed by atoms with E-state index in [1.54, 1.807) is 16.7 Å². The lowest BCUT2D eigenvalue weighted by molar-refractivity contribution is 0.228. The van der Waals surface area contributed by atoms with Crippen molar-refractivity contribution in [3.8, 4) is 0 Å². The van der Waals surface area contributed by atoms with E-state index in [9.17, 15) is 0 Å². The standard InChI is InChI=1S/C26H34N2S/c1-29-22-10-8-21(9-11-22)25-19-28-16-5-6-26(28)24-18-20(7-12-23(24)25)13-17-27-14-3-2-4-15-27/h7-12,18,25-26H,2-6,13-17,19H2,1H3/t25-,26-/m0/s1. The van der Waals surface area contributed by atoms with Crippen molar-refractivity contribution >= 4 is 11.8 Å². The molecule has 0 N–H and O–H groups in total. The van der Waals surface area contributed by atoms with Crippen molar-refractivity contribution in [1.29, 1.82) is 0 Å². The minimum atomic E-state index is 0.520. The van der Waals surface area contributed by atoms with Crippen LogP contribution < -0.4 is 0 Å². The number of benzene rings is 2. The molecule has 5 rings (SSSR count). The average molecular weight is 407 g/mol. The zero-order valence-corrected chi connectivity index (χ0v) is 18.6. The Balaban J connectivity index is 1.40. The number of fused-ring (bicyclic) bond motifs is 3. The molecule has 2 aromatic carbocycles. The lowest BCUT2D eigenvalue weighted by atomic mass is 9.80. The van der Waals surface area contributed by atoms with Gasteiger partial charge in [-0.3, -0.25) is 4.90 Å². The summed E-state index contributed by atoms with van der Waals surface area (Å²) in [5, 5.41) is 0. The summed E-state index contributed by atoms with van der Waals surface area (Å²) < 4.78 is 0. The number of hydrogen-bond donors (Lipinski definition) is 0. The second-order valence-corrected chi connectivity index (χ2v) is 9.97. The zero-order chi connectivity index (χ0) is 19.6. The molecular formula is C26H34N2S. The van der Waals surface area contributed by atoms with Crippen LogP contribution >= 0.6 is 11.8 Å². The molecule has 0 spiro atoms. The first-order chi connectivity index (χ1) is 14.3. The number of likely N-dealkylation sites (tertiary alicyclic amines) is 1. The van der Waals surface area contributed by atoms with Crippen LogP contribution in [0, 0.1) is 0 Å². The first-order valence-electron chi connectivity index (χ1n) is 11.5. The summed E-state index contributed by atoms with van der Waals surface area (Å²) in [4.78, 5) is 6.78. The van der Waals surface area contributed by atoms with Gasteiger partial charge in [0.1, 0.15) is 0 Å². The molecule has 2 fully saturated rings. The van der Waals surface area contributed by atoms with E-state index < -0.39 is 0 Å². The Morgan fingerprint density at radius 3 is 2.52 bits per heavy atom.